The van der Waals surface area contributed by atoms with E-state index in [1.807, 2.05) is 6.92 Å². The number of carbonyl (C=O) groups is 1. The highest BCUT2D eigenvalue weighted by Crippen LogP contribution is 2.26. The lowest BCUT2D eigenvalue weighted by Crippen LogP contribution is -2.22. The summed E-state index contributed by atoms with van der Waals surface area (Å²) in [6.45, 7) is 4.20. The molecule has 1 unspecified atom stereocenters. The van der Waals surface area contributed by atoms with E-state index in [4.69, 9.17) is 4.74 Å². The minimum atomic E-state index is -0.957. The van der Waals surface area contributed by atoms with Gasteiger partial charge in [0, 0.05) is 17.8 Å². The summed E-state index contributed by atoms with van der Waals surface area (Å²) in [7, 11) is 0. The average Bonchev–Trinajstić information content (AvgIpc) is 2.98. The molecule has 3 rings (SSSR count). The van der Waals surface area contributed by atoms with Gasteiger partial charge in [-0.1, -0.05) is 11.8 Å². The molecule has 0 aliphatic carbocycles. The first-order valence-electron chi connectivity index (χ1n) is 8.01. The topological polar surface area (TPSA) is 67.0 Å². The molecule has 0 saturated heterocycles. The van der Waals surface area contributed by atoms with Crippen molar-refractivity contribution >= 4 is 34.4 Å². The molecule has 0 saturated carbocycles. The minimum Gasteiger partial charge on any atom is -0.494 e. The van der Waals surface area contributed by atoms with Gasteiger partial charge in [-0.25, -0.2) is 13.8 Å². The summed E-state index contributed by atoms with van der Waals surface area (Å²) in [4.78, 5) is 19.4. The van der Waals surface area contributed by atoms with Crippen LogP contribution in [0.1, 0.15) is 13.8 Å². The molecule has 1 amide bonds. The van der Waals surface area contributed by atoms with Crippen LogP contribution in [0.15, 0.2) is 41.6 Å². The SMILES string of the molecule is CCOc1ccc(NC(=O)C(C)Sc2nc3cc(F)c(F)cc3[nH]2)cc1. The fourth-order valence-electron chi connectivity index (χ4n) is 2.30. The van der Waals surface area contributed by atoms with Gasteiger partial charge in [-0.15, -0.1) is 0 Å². The molecule has 2 aromatic carbocycles. The van der Waals surface area contributed by atoms with Gasteiger partial charge in [0.05, 0.1) is 22.9 Å². The Bertz CT molecular complexity index is 889. The number of imidazole rings is 1. The Morgan fingerprint density at radius 2 is 1.96 bits per heavy atom. The molecule has 2 N–H and O–H groups in total. The van der Waals surface area contributed by atoms with Gasteiger partial charge in [0.15, 0.2) is 16.8 Å². The number of rotatable bonds is 6. The number of fused-ring (bicyclic) bond motifs is 1. The summed E-state index contributed by atoms with van der Waals surface area (Å²) in [6.07, 6.45) is 0. The minimum absolute atomic E-state index is 0.211. The Labute approximate surface area is 153 Å². The van der Waals surface area contributed by atoms with Crippen LogP contribution in [0.5, 0.6) is 5.75 Å². The van der Waals surface area contributed by atoms with Crippen molar-refractivity contribution in [3.63, 3.8) is 0 Å². The quantitative estimate of drug-likeness (QED) is 0.627. The Morgan fingerprint density at radius 3 is 2.65 bits per heavy atom. The van der Waals surface area contributed by atoms with Crippen LogP contribution >= 0.6 is 11.8 Å². The van der Waals surface area contributed by atoms with Crippen molar-refractivity contribution in [3.8, 4) is 5.75 Å². The molecule has 26 heavy (non-hydrogen) atoms. The average molecular weight is 377 g/mol. The van der Waals surface area contributed by atoms with E-state index < -0.39 is 16.9 Å². The van der Waals surface area contributed by atoms with E-state index in [0.29, 0.717) is 28.5 Å². The molecule has 0 fully saturated rings. The molecule has 1 aromatic heterocycles. The monoisotopic (exact) mass is 377 g/mol. The maximum atomic E-state index is 13.3. The van der Waals surface area contributed by atoms with Crippen molar-refractivity contribution in [1.82, 2.24) is 9.97 Å². The number of amides is 1. The first-order chi connectivity index (χ1) is 12.5. The molecule has 0 bridgehead atoms. The molecule has 136 valence electrons. The van der Waals surface area contributed by atoms with E-state index in [1.54, 1.807) is 31.2 Å². The van der Waals surface area contributed by atoms with Crippen molar-refractivity contribution in [3.05, 3.63) is 48.0 Å². The molecule has 0 radical (unpaired) electrons. The zero-order chi connectivity index (χ0) is 18.7. The van der Waals surface area contributed by atoms with Gasteiger partial charge in [0.25, 0.3) is 0 Å². The number of benzene rings is 2. The van der Waals surface area contributed by atoms with Gasteiger partial charge in [0.2, 0.25) is 5.91 Å². The zero-order valence-electron chi connectivity index (χ0n) is 14.2. The number of aromatic amines is 1. The number of nitrogens with one attached hydrogen (secondary N) is 2. The molecule has 5 nitrogen and oxygen atoms in total. The largest absolute Gasteiger partial charge is 0.494 e. The standard InChI is InChI=1S/C18H17F2N3O2S/c1-3-25-12-6-4-11(5-7-12)21-17(24)10(2)26-18-22-15-8-13(19)14(20)9-16(15)23-18/h4-10H,3H2,1-2H3,(H,21,24)(H,22,23). The van der Waals surface area contributed by atoms with Gasteiger partial charge < -0.3 is 15.0 Å². The highest BCUT2D eigenvalue weighted by atomic mass is 32.2. The Balaban J connectivity index is 1.65. The normalized spacial score (nSPS) is 12.2. The number of halogens is 2. The summed E-state index contributed by atoms with van der Waals surface area (Å²) in [5.74, 6) is -1.38. The number of anilines is 1. The molecule has 8 heteroatoms. The summed E-state index contributed by atoms with van der Waals surface area (Å²) < 4.78 is 31.9. The second-order valence-corrected chi connectivity index (χ2v) is 6.86. The maximum absolute atomic E-state index is 13.3. The summed E-state index contributed by atoms with van der Waals surface area (Å²) in [6, 6.07) is 9.14. The van der Waals surface area contributed by atoms with Gasteiger partial charge in [-0.2, -0.15) is 0 Å². The van der Waals surface area contributed by atoms with Crippen LogP contribution in [0.4, 0.5) is 14.5 Å². The highest BCUT2D eigenvalue weighted by Gasteiger charge is 2.17. The number of hydrogen-bond acceptors (Lipinski definition) is 4. The van der Waals surface area contributed by atoms with E-state index in [2.05, 4.69) is 15.3 Å². The van der Waals surface area contributed by atoms with Crippen LogP contribution in [0.3, 0.4) is 0 Å². The van der Waals surface area contributed by atoms with Crippen LogP contribution in [0.25, 0.3) is 11.0 Å². The second kappa shape index (κ2) is 7.74. The third-order valence-electron chi connectivity index (χ3n) is 3.59. The number of aromatic nitrogens is 2. The lowest BCUT2D eigenvalue weighted by Gasteiger charge is -2.11. The fraction of sp³-hybridized carbons (Fsp3) is 0.222. The third-order valence-corrected chi connectivity index (χ3v) is 4.58. The van der Waals surface area contributed by atoms with Gasteiger partial charge in [-0.3, -0.25) is 4.79 Å². The Hall–Kier alpha value is -2.61. The first-order valence-corrected chi connectivity index (χ1v) is 8.89. The number of ether oxygens (including phenoxy) is 1. The number of hydrogen-bond donors (Lipinski definition) is 2. The molecule has 0 spiro atoms. The summed E-state index contributed by atoms with van der Waals surface area (Å²) >= 11 is 1.17. The molecule has 3 aromatic rings. The predicted molar refractivity (Wildman–Crippen MR) is 97.6 cm³/mol. The van der Waals surface area contributed by atoms with E-state index in [9.17, 15) is 13.6 Å². The fourth-order valence-corrected chi connectivity index (χ4v) is 3.12. The lowest BCUT2D eigenvalue weighted by atomic mass is 10.3. The summed E-state index contributed by atoms with van der Waals surface area (Å²) in [5.41, 5.74) is 1.34. The molecule has 1 atom stereocenters. The van der Waals surface area contributed by atoms with Crippen LogP contribution in [-0.4, -0.2) is 27.7 Å². The molecular formula is C18H17F2N3O2S. The van der Waals surface area contributed by atoms with Crippen LogP contribution in [0.2, 0.25) is 0 Å². The molecular weight excluding hydrogens is 360 g/mol. The molecule has 1 heterocycles. The van der Waals surface area contributed by atoms with Crippen molar-refractivity contribution in [2.24, 2.45) is 0 Å². The third kappa shape index (κ3) is 4.13. The Kier molecular flexibility index (Phi) is 5.41. The van der Waals surface area contributed by atoms with E-state index in [0.717, 1.165) is 17.9 Å². The number of carbonyl (C=O) groups excluding carboxylic acids is 1. The lowest BCUT2D eigenvalue weighted by molar-refractivity contribution is -0.115. The van der Waals surface area contributed by atoms with Crippen molar-refractivity contribution < 1.29 is 18.3 Å². The number of H-pyrrole nitrogens is 1. The maximum Gasteiger partial charge on any atom is 0.237 e. The van der Waals surface area contributed by atoms with Gasteiger partial charge in [0.1, 0.15) is 5.75 Å². The molecule has 0 aliphatic heterocycles. The van der Waals surface area contributed by atoms with Crippen LogP contribution in [0, 0.1) is 11.6 Å². The van der Waals surface area contributed by atoms with Gasteiger partial charge >= 0.3 is 0 Å². The van der Waals surface area contributed by atoms with Crippen LogP contribution in [-0.2, 0) is 4.79 Å². The van der Waals surface area contributed by atoms with Crippen molar-refractivity contribution in [2.75, 3.05) is 11.9 Å². The van der Waals surface area contributed by atoms with Crippen molar-refractivity contribution in [1.29, 1.82) is 0 Å². The highest BCUT2D eigenvalue weighted by molar-refractivity contribution is 8.00. The smallest absolute Gasteiger partial charge is 0.237 e. The van der Waals surface area contributed by atoms with Gasteiger partial charge in [-0.05, 0) is 38.1 Å². The number of thioether (sulfide) groups is 1. The Morgan fingerprint density at radius 1 is 1.27 bits per heavy atom. The summed E-state index contributed by atoms with van der Waals surface area (Å²) in [5, 5.41) is 2.76. The second-order valence-electron chi connectivity index (χ2n) is 5.53. The first kappa shape index (κ1) is 18.2. The van der Waals surface area contributed by atoms with E-state index in [-0.39, 0.29) is 5.91 Å². The predicted octanol–water partition coefficient (Wildman–Crippen LogP) is 4.36. The van der Waals surface area contributed by atoms with E-state index in [1.165, 1.54) is 11.8 Å². The van der Waals surface area contributed by atoms with Crippen molar-refractivity contribution in [2.45, 2.75) is 24.3 Å². The zero-order valence-corrected chi connectivity index (χ0v) is 15.0. The molecule has 0 aliphatic rings. The van der Waals surface area contributed by atoms with Crippen LogP contribution < -0.4 is 10.1 Å². The van der Waals surface area contributed by atoms with E-state index >= 15 is 0 Å². The number of nitrogens with zero attached hydrogens (tertiary/aromatic N) is 1.